The van der Waals surface area contributed by atoms with Crippen molar-refractivity contribution in [2.24, 2.45) is 11.5 Å². The molecule has 5 heteroatoms. The SMILES string of the molecule is NC(=O)c1ccc(C2CCc3ccccc3C2)c(C(N)=O)n1. The van der Waals surface area contributed by atoms with Crippen LogP contribution in [0.25, 0.3) is 0 Å². The molecule has 1 atom stereocenters. The lowest BCUT2D eigenvalue weighted by atomic mass is 9.79. The van der Waals surface area contributed by atoms with Gasteiger partial charge in [-0.2, -0.15) is 0 Å². The van der Waals surface area contributed by atoms with Crippen LogP contribution < -0.4 is 11.5 Å². The fraction of sp³-hybridized carbons (Fsp3) is 0.235. The lowest BCUT2D eigenvalue weighted by molar-refractivity contribution is 0.0991. The van der Waals surface area contributed by atoms with E-state index in [1.54, 1.807) is 12.1 Å². The number of primary amides is 2. The van der Waals surface area contributed by atoms with E-state index in [2.05, 4.69) is 17.1 Å². The molecule has 1 heterocycles. The zero-order valence-electron chi connectivity index (χ0n) is 12.1. The van der Waals surface area contributed by atoms with E-state index in [1.807, 2.05) is 12.1 Å². The summed E-state index contributed by atoms with van der Waals surface area (Å²) >= 11 is 0. The van der Waals surface area contributed by atoms with Gasteiger partial charge in [-0.25, -0.2) is 4.98 Å². The first-order chi connectivity index (χ1) is 10.6. The number of hydrogen-bond acceptors (Lipinski definition) is 3. The van der Waals surface area contributed by atoms with E-state index in [-0.39, 0.29) is 17.3 Å². The van der Waals surface area contributed by atoms with Gasteiger partial charge in [0, 0.05) is 0 Å². The van der Waals surface area contributed by atoms with Crippen molar-refractivity contribution >= 4 is 11.8 Å². The second-order valence-corrected chi connectivity index (χ2v) is 5.57. The van der Waals surface area contributed by atoms with Gasteiger partial charge in [0.05, 0.1) is 0 Å². The summed E-state index contributed by atoms with van der Waals surface area (Å²) in [5.74, 6) is -1.12. The number of rotatable bonds is 3. The number of hydrogen-bond donors (Lipinski definition) is 2. The van der Waals surface area contributed by atoms with Crippen LogP contribution in [-0.4, -0.2) is 16.8 Å². The third-order valence-corrected chi connectivity index (χ3v) is 4.20. The first-order valence-corrected chi connectivity index (χ1v) is 7.23. The zero-order chi connectivity index (χ0) is 15.7. The second-order valence-electron chi connectivity index (χ2n) is 5.57. The molecule has 0 saturated carbocycles. The van der Waals surface area contributed by atoms with Crippen LogP contribution in [0, 0.1) is 0 Å². The van der Waals surface area contributed by atoms with Gasteiger partial charge in [-0.05, 0) is 47.9 Å². The monoisotopic (exact) mass is 295 g/mol. The summed E-state index contributed by atoms with van der Waals surface area (Å²) in [5, 5.41) is 0. The number of benzene rings is 1. The molecule has 0 spiro atoms. The summed E-state index contributed by atoms with van der Waals surface area (Å²) in [5.41, 5.74) is 14.3. The van der Waals surface area contributed by atoms with Crippen molar-refractivity contribution in [3.63, 3.8) is 0 Å². The quantitative estimate of drug-likeness (QED) is 0.898. The molecule has 2 amide bonds. The Labute approximate surface area is 128 Å². The van der Waals surface area contributed by atoms with Crippen LogP contribution in [0.4, 0.5) is 0 Å². The predicted molar refractivity (Wildman–Crippen MR) is 82.5 cm³/mol. The van der Waals surface area contributed by atoms with Crippen molar-refractivity contribution in [1.82, 2.24) is 4.98 Å². The van der Waals surface area contributed by atoms with Gasteiger partial charge in [-0.3, -0.25) is 9.59 Å². The molecule has 1 aromatic heterocycles. The van der Waals surface area contributed by atoms with E-state index in [0.717, 1.165) is 24.8 Å². The minimum absolute atomic E-state index is 0.0637. The van der Waals surface area contributed by atoms with E-state index in [1.165, 1.54) is 11.1 Å². The number of aryl methyl sites for hydroxylation is 1. The number of nitrogens with zero attached hydrogens (tertiary/aromatic N) is 1. The molecule has 0 bridgehead atoms. The van der Waals surface area contributed by atoms with Gasteiger partial charge in [-0.15, -0.1) is 0 Å². The molecule has 2 aromatic rings. The van der Waals surface area contributed by atoms with Gasteiger partial charge < -0.3 is 11.5 Å². The number of fused-ring (bicyclic) bond motifs is 1. The second kappa shape index (κ2) is 5.60. The lowest BCUT2D eigenvalue weighted by Crippen LogP contribution is -2.23. The zero-order valence-corrected chi connectivity index (χ0v) is 12.1. The molecule has 1 aliphatic rings. The van der Waals surface area contributed by atoms with Crippen LogP contribution in [0.5, 0.6) is 0 Å². The fourth-order valence-electron chi connectivity index (χ4n) is 3.10. The van der Waals surface area contributed by atoms with Crippen LogP contribution in [0.15, 0.2) is 36.4 Å². The standard InChI is InChI=1S/C17H17N3O2/c18-16(21)14-8-7-13(15(20-14)17(19)22)12-6-5-10-3-1-2-4-11(10)9-12/h1-4,7-8,12H,5-6,9H2,(H2,18,21)(H2,19,22). The number of carbonyl (C=O) groups is 2. The van der Waals surface area contributed by atoms with E-state index in [4.69, 9.17) is 11.5 Å². The largest absolute Gasteiger partial charge is 0.364 e. The van der Waals surface area contributed by atoms with Crippen molar-refractivity contribution in [2.75, 3.05) is 0 Å². The molecule has 4 N–H and O–H groups in total. The molecule has 0 saturated heterocycles. The van der Waals surface area contributed by atoms with Crippen molar-refractivity contribution in [2.45, 2.75) is 25.2 Å². The number of nitrogens with two attached hydrogens (primary N) is 2. The summed E-state index contributed by atoms with van der Waals surface area (Å²) < 4.78 is 0. The molecule has 0 radical (unpaired) electrons. The van der Waals surface area contributed by atoms with Gasteiger partial charge in [-0.1, -0.05) is 30.3 Å². The van der Waals surface area contributed by atoms with Crippen LogP contribution >= 0.6 is 0 Å². The maximum Gasteiger partial charge on any atom is 0.267 e. The van der Waals surface area contributed by atoms with Crippen molar-refractivity contribution in [3.8, 4) is 0 Å². The van der Waals surface area contributed by atoms with E-state index >= 15 is 0 Å². The van der Waals surface area contributed by atoms with Crippen molar-refractivity contribution < 1.29 is 9.59 Å². The average molecular weight is 295 g/mol. The summed E-state index contributed by atoms with van der Waals surface area (Å²) in [6, 6.07) is 11.6. The normalized spacial score (nSPS) is 16.8. The summed E-state index contributed by atoms with van der Waals surface area (Å²) in [6.07, 6.45) is 2.72. The minimum Gasteiger partial charge on any atom is -0.364 e. The first kappa shape index (κ1) is 14.3. The van der Waals surface area contributed by atoms with E-state index in [9.17, 15) is 9.59 Å². The highest BCUT2D eigenvalue weighted by atomic mass is 16.1. The predicted octanol–water partition coefficient (Wildman–Crippen LogP) is 1.55. The molecular weight excluding hydrogens is 278 g/mol. The molecule has 0 fully saturated rings. The molecule has 112 valence electrons. The molecule has 22 heavy (non-hydrogen) atoms. The van der Waals surface area contributed by atoms with Gasteiger partial charge in [0.2, 0.25) is 0 Å². The fourth-order valence-corrected chi connectivity index (χ4v) is 3.10. The van der Waals surface area contributed by atoms with Gasteiger partial charge in [0.15, 0.2) is 0 Å². The Morgan fingerprint density at radius 2 is 1.73 bits per heavy atom. The van der Waals surface area contributed by atoms with Crippen molar-refractivity contribution in [3.05, 3.63) is 64.5 Å². The maximum absolute atomic E-state index is 11.7. The average Bonchev–Trinajstić information content (AvgIpc) is 2.53. The highest BCUT2D eigenvalue weighted by Gasteiger charge is 2.25. The van der Waals surface area contributed by atoms with Gasteiger partial charge >= 0.3 is 0 Å². The number of aromatic nitrogens is 1. The van der Waals surface area contributed by atoms with Crippen LogP contribution in [0.1, 0.15) is 50.0 Å². The molecule has 5 nitrogen and oxygen atoms in total. The first-order valence-electron chi connectivity index (χ1n) is 7.23. The lowest BCUT2D eigenvalue weighted by Gasteiger charge is -2.25. The van der Waals surface area contributed by atoms with E-state index in [0.29, 0.717) is 0 Å². The Bertz CT molecular complexity index is 755. The Morgan fingerprint density at radius 3 is 2.41 bits per heavy atom. The van der Waals surface area contributed by atoms with Crippen LogP contribution in [0.3, 0.4) is 0 Å². The van der Waals surface area contributed by atoms with Gasteiger partial charge in [0.25, 0.3) is 11.8 Å². The highest BCUT2D eigenvalue weighted by molar-refractivity contribution is 5.96. The molecule has 3 rings (SSSR count). The number of pyridine rings is 1. The maximum atomic E-state index is 11.7. The number of carbonyl (C=O) groups excluding carboxylic acids is 2. The van der Waals surface area contributed by atoms with Crippen molar-refractivity contribution in [1.29, 1.82) is 0 Å². The van der Waals surface area contributed by atoms with Crippen LogP contribution in [0.2, 0.25) is 0 Å². The Kier molecular flexibility index (Phi) is 3.63. The molecule has 1 aromatic carbocycles. The molecular formula is C17H17N3O2. The smallest absolute Gasteiger partial charge is 0.267 e. The topological polar surface area (TPSA) is 99.1 Å². The van der Waals surface area contributed by atoms with E-state index < -0.39 is 11.8 Å². The molecule has 1 unspecified atom stereocenters. The Hall–Kier alpha value is -2.69. The number of amides is 2. The third kappa shape index (κ3) is 2.57. The van der Waals surface area contributed by atoms with Crippen LogP contribution in [-0.2, 0) is 12.8 Å². The summed E-state index contributed by atoms with van der Waals surface area (Å²) in [6.45, 7) is 0. The van der Waals surface area contributed by atoms with Gasteiger partial charge in [0.1, 0.15) is 11.4 Å². The summed E-state index contributed by atoms with van der Waals surface area (Å²) in [4.78, 5) is 27.0. The third-order valence-electron chi connectivity index (χ3n) is 4.20. The molecule has 1 aliphatic carbocycles. The Morgan fingerprint density at radius 1 is 1.00 bits per heavy atom. The highest BCUT2D eigenvalue weighted by Crippen LogP contribution is 2.33. The summed E-state index contributed by atoms with van der Waals surface area (Å²) in [7, 11) is 0. The minimum atomic E-state index is -0.664. The Balaban J connectivity index is 1.99. The molecule has 0 aliphatic heterocycles.